The van der Waals surface area contributed by atoms with Crippen LogP contribution >= 0.6 is 11.6 Å². The summed E-state index contributed by atoms with van der Waals surface area (Å²) in [6, 6.07) is 8.75. The van der Waals surface area contributed by atoms with Gasteiger partial charge in [-0.25, -0.2) is 4.79 Å². The highest BCUT2D eigenvalue weighted by Gasteiger charge is 2.10. The minimum Gasteiger partial charge on any atom is -0.462 e. The van der Waals surface area contributed by atoms with Gasteiger partial charge in [0.2, 0.25) is 0 Å². The van der Waals surface area contributed by atoms with Gasteiger partial charge in [-0.2, -0.15) is 5.26 Å². The molecular weight excluding hydrogens is 226 g/mol. The first-order valence-corrected chi connectivity index (χ1v) is 5.10. The SMILES string of the molecule is CCOC(=O)C(C#N)=Cc1ccccc1Cl. The molecule has 0 amide bonds. The lowest BCUT2D eigenvalue weighted by atomic mass is 10.1. The first-order valence-electron chi connectivity index (χ1n) is 4.72. The van der Waals surface area contributed by atoms with E-state index < -0.39 is 5.97 Å². The number of nitrogens with zero attached hydrogens (tertiary/aromatic N) is 1. The van der Waals surface area contributed by atoms with E-state index >= 15 is 0 Å². The topological polar surface area (TPSA) is 50.1 Å². The van der Waals surface area contributed by atoms with Crippen molar-refractivity contribution in [2.24, 2.45) is 0 Å². The van der Waals surface area contributed by atoms with E-state index in [0.717, 1.165) is 0 Å². The Morgan fingerprint density at radius 1 is 1.56 bits per heavy atom. The number of hydrogen-bond donors (Lipinski definition) is 0. The highest BCUT2D eigenvalue weighted by molar-refractivity contribution is 6.32. The standard InChI is InChI=1S/C12H10ClNO2/c1-2-16-12(15)10(8-14)7-9-5-3-4-6-11(9)13/h3-7H,2H2,1H3. The van der Waals surface area contributed by atoms with Crippen LogP contribution in [0.1, 0.15) is 12.5 Å². The predicted molar refractivity (Wildman–Crippen MR) is 61.7 cm³/mol. The van der Waals surface area contributed by atoms with Crippen LogP contribution in [-0.2, 0) is 9.53 Å². The molecule has 1 aromatic carbocycles. The highest BCUT2D eigenvalue weighted by atomic mass is 35.5. The lowest BCUT2D eigenvalue weighted by Crippen LogP contribution is -2.06. The van der Waals surface area contributed by atoms with Crippen LogP contribution in [0.4, 0.5) is 0 Å². The van der Waals surface area contributed by atoms with Crippen LogP contribution in [0.3, 0.4) is 0 Å². The van der Waals surface area contributed by atoms with Gasteiger partial charge in [0.05, 0.1) is 6.61 Å². The van der Waals surface area contributed by atoms with E-state index in [1.807, 2.05) is 0 Å². The van der Waals surface area contributed by atoms with Crippen LogP contribution < -0.4 is 0 Å². The van der Waals surface area contributed by atoms with Crippen LogP contribution in [0.5, 0.6) is 0 Å². The summed E-state index contributed by atoms with van der Waals surface area (Å²) in [5.74, 6) is -0.634. The molecule has 0 atom stereocenters. The second-order valence-corrected chi connectivity index (χ2v) is 3.32. The molecule has 0 saturated heterocycles. The molecular formula is C12H10ClNO2. The van der Waals surface area contributed by atoms with Crippen LogP contribution in [-0.4, -0.2) is 12.6 Å². The molecule has 82 valence electrons. The molecule has 0 fully saturated rings. The number of benzene rings is 1. The molecule has 0 aliphatic heterocycles. The van der Waals surface area contributed by atoms with Crippen LogP contribution in [0.25, 0.3) is 6.08 Å². The quantitative estimate of drug-likeness (QED) is 0.460. The number of ether oxygens (including phenoxy) is 1. The summed E-state index contributed by atoms with van der Waals surface area (Å²) in [6.45, 7) is 1.92. The first kappa shape index (κ1) is 12.3. The van der Waals surface area contributed by atoms with Gasteiger partial charge in [-0.05, 0) is 24.6 Å². The van der Waals surface area contributed by atoms with Crippen molar-refractivity contribution in [2.75, 3.05) is 6.61 Å². The third kappa shape index (κ3) is 3.11. The van der Waals surface area contributed by atoms with Crippen molar-refractivity contribution < 1.29 is 9.53 Å². The second kappa shape index (κ2) is 5.94. The zero-order valence-electron chi connectivity index (χ0n) is 8.74. The van der Waals surface area contributed by atoms with Gasteiger partial charge in [-0.3, -0.25) is 0 Å². The Hall–Kier alpha value is -1.79. The molecule has 0 spiro atoms. The van der Waals surface area contributed by atoms with Crippen molar-refractivity contribution in [3.63, 3.8) is 0 Å². The summed E-state index contributed by atoms with van der Waals surface area (Å²) < 4.78 is 4.73. The summed E-state index contributed by atoms with van der Waals surface area (Å²) in [7, 11) is 0. The number of rotatable bonds is 3. The maximum atomic E-state index is 11.3. The Kier molecular flexibility index (Phi) is 4.56. The third-order valence-corrected chi connectivity index (χ3v) is 2.17. The zero-order valence-corrected chi connectivity index (χ0v) is 9.49. The normalized spacial score (nSPS) is 10.7. The molecule has 3 nitrogen and oxygen atoms in total. The maximum absolute atomic E-state index is 11.3. The van der Waals surface area contributed by atoms with E-state index in [1.165, 1.54) is 6.08 Å². The van der Waals surface area contributed by atoms with Crippen molar-refractivity contribution in [2.45, 2.75) is 6.92 Å². The fourth-order valence-electron chi connectivity index (χ4n) is 1.09. The molecule has 0 aromatic heterocycles. The van der Waals surface area contributed by atoms with Crippen molar-refractivity contribution in [3.8, 4) is 6.07 Å². The Morgan fingerprint density at radius 3 is 2.81 bits per heavy atom. The van der Waals surface area contributed by atoms with E-state index in [-0.39, 0.29) is 12.2 Å². The van der Waals surface area contributed by atoms with E-state index in [0.29, 0.717) is 10.6 Å². The van der Waals surface area contributed by atoms with Gasteiger partial charge in [0.15, 0.2) is 0 Å². The van der Waals surface area contributed by atoms with Crippen LogP contribution in [0.2, 0.25) is 5.02 Å². The van der Waals surface area contributed by atoms with E-state index in [2.05, 4.69) is 0 Å². The number of carbonyl (C=O) groups is 1. The molecule has 0 aliphatic carbocycles. The van der Waals surface area contributed by atoms with Crippen molar-refractivity contribution in [1.29, 1.82) is 5.26 Å². The maximum Gasteiger partial charge on any atom is 0.348 e. The number of esters is 1. The van der Waals surface area contributed by atoms with Crippen molar-refractivity contribution >= 4 is 23.6 Å². The van der Waals surface area contributed by atoms with Gasteiger partial charge in [0.25, 0.3) is 0 Å². The molecule has 0 unspecified atom stereocenters. The number of carbonyl (C=O) groups excluding carboxylic acids is 1. The molecule has 0 saturated carbocycles. The highest BCUT2D eigenvalue weighted by Crippen LogP contribution is 2.18. The van der Waals surface area contributed by atoms with E-state index in [4.69, 9.17) is 21.6 Å². The van der Waals surface area contributed by atoms with Crippen LogP contribution in [0.15, 0.2) is 29.8 Å². The van der Waals surface area contributed by atoms with Crippen molar-refractivity contribution in [3.05, 3.63) is 40.4 Å². The minimum atomic E-state index is -0.634. The minimum absolute atomic E-state index is 0.0602. The second-order valence-electron chi connectivity index (χ2n) is 2.91. The van der Waals surface area contributed by atoms with Crippen molar-refractivity contribution in [1.82, 2.24) is 0 Å². The number of halogens is 1. The Labute approximate surface area is 98.9 Å². The monoisotopic (exact) mass is 235 g/mol. The summed E-state index contributed by atoms with van der Waals surface area (Å²) in [5.41, 5.74) is 0.559. The molecule has 1 aromatic rings. The Bertz CT molecular complexity index is 460. The first-order chi connectivity index (χ1) is 7.69. The van der Waals surface area contributed by atoms with Crippen LogP contribution in [0, 0.1) is 11.3 Å². The fourth-order valence-corrected chi connectivity index (χ4v) is 1.28. The van der Waals surface area contributed by atoms with Gasteiger partial charge in [0, 0.05) is 5.02 Å². The largest absolute Gasteiger partial charge is 0.462 e. The Morgan fingerprint density at radius 2 is 2.25 bits per heavy atom. The number of nitriles is 1. The smallest absolute Gasteiger partial charge is 0.348 e. The van der Waals surface area contributed by atoms with E-state index in [9.17, 15) is 4.79 Å². The summed E-state index contributed by atoms with van der Waals surface area (Å²) in [6.07, 6.45) is 1.42. The Balaban J connectivity index is 3.02. The average molecular weight is 236 g/mol. The summed E-state index contributed by atoms with van der Waals surface area (Å²) in [5, 5.41) is 9.30. The van der Waals surface area contributed by atoms with Gasteiger partial charge in [-0.1, -0.05) is 29.8 Å². The van der Waals surface area contributed by atoms with Gasteiger partial charge >= 0.3 is 5.97 Å². The summed E-state index contributed by atoms with van der Waals surface area (Å²) >= 11 is 5.90. The lowest BCUT2D eigenvalue weighted by Gasteiger charge is -2.00. The molecule has 0 bridgehead atoms. The predicted octanol–water partition coefficient (Wildman–Crippen LogP) is 2.81. The summed E-state index contributed by atoms with van der Waals surface area (Å²) in [4.78, 5) is 11.3. The van der Waals surface area contributed by atoms with Gasteiger partial charge < -0.3 is 4.74 Å². The van der Waals surface area contributed by atoms with Gasteiger partial charge in [0.1, 0.15) is 11.6 Å². The molecule has 16 heavy (non-hydrogen) atoms. The molecule has 1 rings (SSSR count). The van der Waals surface area contributed by atoms with E-state index in [1.54, 1.807) is 37.3 Å². The zero-order chi connectivity index (χ0) is 12.0. The molecule has 0 radical (unpaired) electrons. The molecule has 4 heteroatoms. The third-order valence-electron chi connectivity index (χ3n) is 1.82. The average Bonchev–Trinajstić information content (AvgIpc) is 2.28. The van der Waals surface area contributed by atoms with Gasteiger partial charge in [-0.15, -0.1) is 0 Å². The molecule has 0 heterocycles. The lowest BCUT2D eigenvalue weighted by molar-refractivity contribution is -0.137. The molecule has 0 N–H and O–H groups in total. The number of hydrogen-bond acceptors (Lipinski definition) is 3. The molecule has 0 aliphatic rings. The fraction of sp³-hybridized carbons (Fsp3) is 0.167.